The Bertz CT molecular complexity index is 237. The second-order valence-corrected chi connectivity index (χ2v) is 4.21. The maximum absolute atomic E-state index is 11.2. The molecule has 0 radical (unpaired) electrons. The minimum absolute atomic E-state index is 0.0538. The number of hydrogen-bond donors (Lipinski definition) is 3. The highest BCUT2D eigenvalue weighted by Crippen LogP contribution is 2.27. The highest BCUT2D eigenvalue weighted by atomic mass is 16.2. The van der Waals surface area contributed by atoms with E-state index in [9.17, 15) is 9.59 Å². The predicted octanol–water partition coefficient (Wildman–Crippen LogP) is -0.634. The van der Waals surface area contributed by atoms with Crippen molar-refractivity contribution in [1.82, 2.24) is 10.6 Å². The lowest BCUT2D eigenvalue weighted by atomic mass is 10.2. The number of amides is 2. The maximum Gasteiger partial charge on any atom is 0.239 e. The van der Waals surface area contributed by atoms with E-state index in [4.69, 9.17) is 5.73 Å². The molecule has 4 N–H and O–H groups in total. The lowest BCUT2D eigenvalue weighted by Crippen LogP contribution is -2.39. The lowest BCUT2D eigenvalue weighted by molar-refractivity contribution is -0.126. The molecule has 0 bridgehead atoms. The van der Waals surface area contributed by atoms with Gasteiger partial charge in [-0.15, -0.1) is 0 Å². The summed E-state index contributed by atoms with van der Waals surface area (Å²) in [7, 11) is 0. The summed E-state index contributed by atoms with van der Waals surface area (Å²) in [6, 6.07) is -0.167. The van der Waals surface area contributed by atoms with E-state index in [1.807, 2.05) is 0 Å². The Morgan fingerprint density at radius 2 is 2.00 bits per heavy atom. The Hall–Kier alpha value is -1.10. The highest BCUT2D eigenvalue weighted by Gasteiger charge is 2.21. The van der Waals surface area contributed by atoms with Crippen LogP contribution in [0.4, 0.5) is 0 Å². The molecule has 5 nitrogen and oxygen atoms in total. The molecule has 1 rings (SSSR count). The number of rotatable bonds is 6. The van der Waals surface area contributed by atoms with Gasteiger partial charge in [-0.05, 0) is 25.7 Å². The van der Waals surface area contributed by atoms with Crippen LogP contribution in [0.1, 0.15) is 26.2 Å². The molecule has 1 unspecified atom stereocenters. The molecule has 0 aromatic carbocycles. The normalized spacial score (nSPS) is 16.9. The molecule has 0 aromatic rings. The lowest BCUT2D eigenvalue weighted by Gasteiger charge is -2.07. The molecule has 1 aliphatic carbocycles. The van der Waals surface area contributed by atoms with Crippen molar-refractivity contribution < 1.29 is 9.59 Å². The minimum atomic E-state index is -0.174. The number of carbonyl (C=O) groups excluding carboxylic acids is 2. The summed E-state index contributed by atoms with van der Waals surface area (Å²) < 4.78 is 0. The average molecular weight is 213 g/mol. The summed E-state index contributed by atoms with van der Waals surface area (Å²) in [6.07, 6.45) is 2.67. The number of carbonyl (C=O) groups is 2. The second-order valence-electron chi connectivity index (χ2n) is 4.21. The zero-order valence-electron chi connectivity index (χ0n) is 9.08. The quantitative estimate of drug-likeness (QED) is 0.549. The minimum Gasteiger partial charge on any atom is -0.354 e. The topological polar surface area (TPSA) is 84.2 Å². The van der Waals surface area contributed by atoms with Crippen molar-refractivity contribution in [2.45, 2.75) is 32.2 Å². The Balaban J connectivity index is 2.01. The van der Waals surface area contributed by atoms with Crippen LogP contribution in [0.15, 0.2) is 0 Å². The molecule has 15 heavy (non-hydrogen) atoms. The van der Waals surface area contributed by atoms with Gasteiger partial charge in [0.05, 0.1) is 6.54 Å². The van der Waals surface area contributed by atoms with Crippen LogP contribution in [0, 0.1) is 5.92 Å². The Labute approximate surface area is 89.8 Å². The van der Waals surface area contributed by atoms with E-state index in [0.717, 1.165) is 6.54 Å². The third-order valence-electron chi connectivity index (χ3n) is 2.24. The zero-order valence-corrected chi connectivity index (χ0v) is 9.08. The summed E-state index contributed by atoms with van der Waals surface area (Å²) in [5.74, 6) is 0.361. The molecule has 86 valence electrons. The van der Waals surface area contributed by atoms with Crippen molar-refractivity contribution in [3.05, 3.63) is 0 Å². The summed E-state index contributed by atoms with van der Waals surface area (Å²) in [5.41, 5.74) is 5.44. The fourth-order valence-corrected chi connectivity index (χ4v) is 1.19. The second kappa shape index (κ2) is 5.70. The van der Waals surface area contributed by atoms with Crippen LogP contribution in [-0.2, 0) is 9.59 Å². The zero-order chi connectivity index (χ0) is 11.3. The molecule has 1 fully saturated rings. The van der Waals surface area contributed by atoms with Gasteiger partial charge in [-0.1, -0.05) is 0 Å². The Morgan fingerprint density at radius 1 is 1.33 bits per heavy atom. The number of nitrogens with two attached hydrogens (primary N) is 1. The number of hydrogen-bond acceptors (Lipinski definition) is 3. The summed E-state index contributed by atoms with van der Waals surface area (Å²) in [4.78, 5) is 22.3. The van der Waals surface area contributed by atoms with E-state index < -0.39 is 0 Å². The van der Waals surface area contributed by atoms with Gasteiger partial charge in [0.2, 0.25) is 11.8 Å². The van der Waals surface area contributed by atoms with Gasteiger partial charge < -0.3 is 16.4 Å². The fraction of sp³-hybridized carbons (Fsp3) is 0.800. The number of nitrogens with one attached hydrogen (secondary N) is 2. The first-order chi connectivity index (χ1) is 7.08. The molecule has 0 spiro atoms. The largest absolute Gasteiger partial charge is 0.354 e. The van der Waals surface area contributed by atoms with E-state index in [-0.39, 0.29) is 30.8 Å². The van der Waals surface area contributed by atoms with Crippen molar-refractivity contribution >= 4 is 11.8 Å². The van der Waals surface area contributed by atoms with Crippen LogP contribution in [0.2, 0.25) is 0 Å². The van der Waals surface area contributed by atoms with Crippen molar-refractivity contribution in [3.8, 4) is 0 Å². The summed E-state index contributed by atoms with van der Waals surface area (Å²) >= 11 is 0. The van der Waals surface area contributed by atoms with Crippen LogP contribution in [-0.4, -0.2) is 30.9 Å². The molecule has 2 amide bonds. The van der Waals surface area contributed by atoms with Crippen LogP contribution in [0.5, 0.6) is 0 Å². The van der Waals surface area contributed by atoms with Gasteiger partial charge in [-0.25, -0.2) is 0 Å². The van der Waals surface area contributed by atoms with Crippen molar-refractivity contribution in [2.24, 2.45) is 11.7 Å². The first-order valence-corrected chi connectivity index (χ1v) is 5.37. The standard InChI is InChI=1S/C10H19N3O2/c1-7(11)4-9(14)13-6-10(15)12-5-8-2-3-8/h7-8H,2-6,11H2,1H3,(H,12,15)(H,13,14). The van der Waals surface area contributed by atoms with Crippen molar-refractivity contribution in [1.29, 1.82) is 0 Å². The smallest absolute Gasteiger partial charge is 0.239 e. The predicted molar refractivity (Wildman–Crippen MR) is 57.0 cm³/mol. The van der Waals surface area contributed by atoms with E-state index in [1.54, 1.807) is 6.92 Å². The molecule has 0 heterocycles. The van der Waals surface area contributed by atoms with Gasteiger partial charge in [-0.3, -0.25) is 9.59 Å². The van der Waals surface area contributed by atoms with Gasteiger partial charge in [0.15, 0.2) is 0 Å². The van der Waals surface area contributed by atoms with E-state index >= 15 is 0 Å². The molecule has 1 atom stereocenters. The van der Waals surface area contributed by atoms with E-state index in [2.05, 4.69) is 10.6 Å². The summed E-state index contributed by atoms with van der Waals surface area (Å²) in [6.45, 7) is 2.55. The highest BCUT2D eigenvalue weighted by molar-refractivity contribution is 5.84. The molecule has 0 aromatic heterocycles. The third kappa shape index (κ3) is 6.06. The molecule has 0 saturated heterocycles. The Kier molecular flexibility index (Phi) is 4.55. The van der Waals surface area contributed by atoms with Crippen LogP contribution in [0.25, 0.3) is 0 Å². The van der Waals surface area contributed by atoms with Gasteiger partial charge in [0.1, 0.15) is 0 Å². The first kappa shape index (κ1) is 12.0. The first-order valence-electron chi connectivity index (χ1n) is 5.37. The van der Waals surface area contributed by atoms with Gasteiger partial charge in [-0.2, -0.15) is 0 Å². The monoisotopic (exact) mass is 213 g/mol. The fourth-order valence-electron chi connectivity index (χ4n) is 1.19. The molecular weight excluding hydrogens is 194 g/mol. The van der Waals surface area contributed by atoms with Gasteiger partial charge in [0, 0.05) is 19.0 Å². The molecule has 1 aliphatic rings. The molecular formula is C10H19N3O2. The van der Waals surface area contributed by atoms with Crippen LogP contribution in [0.3, 0.4) is 0 Å². The molecule has 1 saturated carbocycles. The third-order valence-corrected chi connectivity index (χ3v) is 2.24. The SMILES string of the molecule is CC(N)CC(=O)NCC(=O)NCC1CC1. The average Bonchev–Trinajstić information content (AvgIpc) is 2.93. The van der Waals surface area contributed by atoms with Gasteiger partial charge >= 0.3 is 0 Å². The molecule has 5 heteroatoms. The van der Waals surface area contributed by atoms with Crippen LogP contribution >= 0.6 is 0 Å². The van der Waals surface area contributed by atoms with Crippen molar-refractivity contribution in [3.63, 3.8) is 0 Å². The van der Waals surface area contributed by atoms with Crippen LogP contribution < -0.4 is 16.4 Å². The Morgan fingerprint density at radius 3 is 2.53 bits per heavy atom. The molecule has 0 aliphatic heterocycles. The van der Waals surface area contributed by atoms with Crippen molar-refractivity contribution in [2.75, 3.05) is 13.1 Å². The van der Waals surface area contributed by atoms with Gasteiger partial charge in [0.25, 0.3) is 0 Å². The van der Waals surface area contributed by atoms with E-state index in [1.165, 1.54) is 12.8 Å². The maximum atomic E-state index is 11.2. The van der Waals surface area contributed by atoms with E-state index in [0.29, 0.717) is 5.92 Å². The summed E-state index contributed by atoms with van der Waals surface area (Å²) in [5, 5.41) is 5.30.